The Morgan fingerprint density at radius 3 is 2.68 bits per heavy atom. The minimum absolute atomic E-state index is 0.0813. The average molecular weight is 305 g/mol. The number of hydrogen-bond acceptors (Lipinski definition) is 6. The minimum Gasteiger partial charge on any atom is -0.392 e. The maximum absolute atomic E-state index is 12.6. The molecule has 3 heterocycles. The fraction of sp³-hybridized carbons (Fsp3) is 0.667. The first-order chi connectivity index (χ1) is 10.6. The molecule has 2 saturated heterocycles. The standard InChI is InChI=1S/C15H23N5O2/c1-18-5-2-13(21)12(11-18)15(22)20-8-6-19(7-9-20)14-10-16-3-4-17-14/h3-4,10,12-13,21H,2,5-9,11H2,1H3/t12-,13-/m1/s1. The van der Waals surface area contributed by atoms with Crippen molar-refractivity contribution in [3.63, 3.8) is 0 Å². The number of rotatable bonds is 2. The van der Waals surface area contributed by atoms with Crippen LogP contribution in [-0.4, -0.2) is 83.2 Å². The van der Waals surface area contributed by atoms with E-state index in [2.05, 4.69) is 19.8 Å². The summed E-state index contributed by atoms with van der Waals surface area (Å²) in [4.78, 5) is 27.2. The number of carbonyl (C=O) groups is 1. The number of nitrogens with zero attached hydrogens (tertiary/aromatic N) is 5. The molecule has 0 saturated carbocycles. The Morgan fingerprint density at radius 2 is 2.00 bits per heavy atom. The van der Waals surface area contributed by atoms with E-state index in [0.29, 0.717) is 26.1 Å². The maximum atomic E-state index is 12.6. The van der Waals surface area contributed by atoms with E-state index < -0.39 is 6.10 Å². The van der Waals surface area contributed by atoms with Gasteiger partial charge in [0.25, 0.3) is 0 Å². The van der Waals surface area contributed by atoms with Gasteiger partial charge in [-0.3, -0.25) is 9.78 Å². The van der Waals surface area contributed by atoms with Crippen molar-refractivity contribution in [3.8, 4) is 0 Å². The fourth-order valence-electron chi connectivity index (χ4n) is 3.19. The van der Waals surface area contributed by atoms with Crippen LogP contribution in [0, 0.1) is 5.92 Å². The number of amides is 1. The summed E-state index contributed by atoms with van der Waals surface area (Å²) in [5.74, 6) is 0.645. The minimum atomic E-state index is -0.512. The van der Waals surface area contributed by atoms with Gasteiger partial charge in [-0.15, -0.1) is 0 Å². The van der Waals surface area contributed by atoms with Gasteiger partial charge in [-0.05, 0) is 13.5 Å². The average Bonchev–Trinajstić information content (AvgIpc) is 2.57. The van der Waals surface area contributed by atoms with Crippen molar-refractivity contribution in [2.24, 2.45) is 5.92 Å². The second-order valence-electron chi connectivity index (χ2n) is 6.10. The molecule has 2 atom stereocenters. The molecule has 0 radical (unpaired) electrons. The molecule has 22 heavy (non-hydrogen) atoms. The molecule has 1 N–H and O–H groups in total. The zero-order valence-electron chi connectivity index (χ0n) is 12.9. The fourth-order valence-corrected chi connectivity index (χ4v) is 3.19. The Balaban J connectivity index is 1.58. The summed E-state index contributed by atoms with van der Waals surface area (Å²) in [7, 11) is 2.00. The second kappa shape index (κ2) is 6.58. The highest BCUT2D eigenvalue weighted by Gasteiger charge is 2.35. The third kappa shape index (κ3) is 3.20. The van der Waals surface area contributed by atoms with Gasteiger partial charge in [-0.1, -0.05) is 0 Å². The smallest absolute Gasteiger partial charge is 0.229 e. The number of aliphatic hydroxyl groups is 1. The summed E-state index contributed by atoms with van der Waals surface area (Å²) in [6.45, 7) is 4.34. The van der Waals surface area contributed by atoms with Gasteiger partial charge < -0.3 is 19.8 Å². The topological polar surface area (TPSA) is 72.8 Å². The van der Waals surface area contributed by atoms with Crippen LogP contribution in [0.3, 0.4) is 0 Å². The Morgan fingerprint density at radius 1 is 1.23 bits per heavy atom. The SMILES string of the molecule is CN1CC[C@@H](O)[C@H](C(=O)N2CCN(c3cnccn3)CC2)C1. The van der Waals surface area contributed by atoms with Gasteiger partial charge >= 0.3 is 0 Å². The summed E-state index contributed by atoms with van der Waals surface area (Å²) in [6.07, 6.45) is 5.25. The molecule has 1 amide bonds. The van der Waals surface area contributed by atoms with Crippen LogP contribution in [0.1, 0.15) is 6.42 Å². The highest BCUT2D eigenvalue weighted by atomic mass is 16.3. The van der Waals surface area contributed by atoms with E-state index in [9.17, 15) is 9.90 Å². The number of anilines is 1. The predicted molar refractivity (Wildman–Crippen MR) is 82.4 cm³/mol. The molecular formula is C15H23N5O2. The van der Waals surface area contributed by atoms with Crippen LogP contribution in [0.4, 0.5) is 5.82 Å². The van der Waals surface area contributed by atoms with Crippen molar-refractivity contribution in [2.45, 2.75) is 12.5 Å². The third-order valence-corrected chi connectivity index (χ3v) is 4.56. The first-order valence-corrected chi connectivity index (χ1v) is 7.81. The summed E-state index contributed by atoms with van der Waals surface area (Å²) < 4.78 is 0. The molecule has 3 rings (SSSR count). The van der Waals surface area contributed by atoms with Crippen LogP contribution in [-0.2, 0) is 4.79 Å². The van der Waals surface area contributed by atoms with Crippen molar-refractivity contribution in [2.75, 3.05) is 51.2 Å². The second-order valence-corrected chi connectivity index (χ2v) is 6.10. The summed E-state index contributed by atoms with van der Waals surface area (Å²) >= 11 is 0. The number of hydrogen-bond donors (Lipinski definition) is 1. The van der Waals surface area contributed by atoms with Gasteiger partial charge in [-0.2, -0.15) is 0 Å². The number of likely N-dealkylation sites (tertiary alicyclic amines) is 1. The van der Waals surface area contributed by atoms with E-state index >= 15 is 0 Å². The van der Waals surface area contributed by atoms with Crippen molar-refractivity contribution >= 4 is 11.7 Å². The van der Waals surface area contributed by atoms with E-state index in [1.54, 1.807) is 18.6 Å². The molecule has 0 aliphatic carbocycles. The molecule has 7 heteroatoms. The van der Waals surface area contributed by atoms with Gasteiger partial charge in [0.05, 0.1) is 18.2 Å². The van der Waals surface area contributed by atoms with Crippen LogP contribution < -0.4 is 4.90 Å². The molecule has 120 valence electrons. The molecule has 0 bridgehead atoms. The molecule has 0 spiro atoms. The van der Waals surface area contributed by atoms with Crippen LogP contribution in [0.5, 0.6) is 0 Å². The lowest BCUT2D eigenvalue weighted by atomic mass is 9.93. The van der Waals surface area contributed by atoms with Crippen molar-refractivity contribution < 1.29 is 9.90 Å². The molecule has 0 aromatic carbocycles. The molecule has 1 aromatic heterocycles. The molecular weight excluding hydrogens is 282 g/mol. The van der Waals surface area contributed by atoms with Crippen molar-refractivity contribution in [3.05, 3.63) is 18.6 Å². The molecule has 2 aliphatic rings. The number of aliphatic hydroxyl groups excluding tert-OH is 1. The van der Waals surface area contributed by atoms with Crippen LogP contribution >= 0.6 is 0 Å². The Hall–Kier alpha value is -1.73. The Kier molecular flexibility index (Phi) is 4.54. The maximum Gasteiger partial charge on any atom is 0.229 e. The van der Waals surface area contributed by atoms with Crippen LogP contribution in [0.2, 0.25) is 0 Å². The van der Waals surface area contributed by atoms with Gasteiger partial charge in [0.1, 0.15) is 5.82 Å². The van der Waals surface area contributed by atoms with E-state index in [1.165, 1.54) is 0 Å². The van der Waals surface area contributed by atoms with Crippen molar-refractivity contribution in [1.82, 2.24) is 19.8 Å². The molecule has 2 aliphatic heterocycles. The summed E-state index contributed by atoms with van der Waals surface area (Å²) in [6, 6.07) is 0. The van der Waals surface area contributed by atoms with Gasteiger partial charge in [0.2, 0.25) is 5.91 Å². The number of aromatic nitrogens is 2. The Labute approximate surface area is 130 Å². The largest absolute Gasteiger partial charge is 0.392 e. The van der Waals surface area contributed by atoms with Gasteiger partial charge in [-0.25, -0.2) is 4.98 Å². The first-order valence-electron chi connectivity index (χ1n) is 7.81. The van der Waals surface area contributed by atoms with Gasteiger partial charge in [0, 0.05) is 51.7 Å². The summed E-state index contributed by atoms with van der Waals surface area (Å²) in [5.41, 5.74) is 0. The number of piperidine rings is 1. The van der Waals surface area contributed by atoms with E-state index in [0.717, 1.165) is 25.5 Å². The van der Waals surface area contributed by atoms with E-state index in [4.69, 9.17) is 0 Å². The predicted octanol–water partition coefficient (Wildman–Crippen LogP) is -0.562. The normalized spacial score (nSPS) is 27.0. The molecule has 7 nitrogen and oxygen atoms in total. The zero-order chi connectivity index (χ0) is 15.5. The third-order valence-electron chi connectivity index (χ3n) is 4.56. The van der Waals surface area contributed by atoms with E-state index in [-0.39, 0.29) is 11.8 Å². The number of carbonyl (C=O) groups excluding carboxylic acids is 1. The van der Waals surface area contributed by atoms with Gasteiger partial charge in [0.15, 0.2) is 0 Å². The van der Waals surface area contributed by atoms with Crippen molar-refractivity contribution in [1.29, 1.82) is 0 Å². The lowest BCUT2D eigenvalue weighted by Crippen LogP contribution is -2.55. The Bertz CT molecular complexity index is 504. The lowest BCUT2D eigenvalue weighted by molar-refractivity contribution is -0.142. The van der Waals surface area contributed by atoms with Crippen LogP contribution in [0.25, 0.3) is 0 Å². The molecule has 2 fully saturated rings. The monoisotopic (exact) mass is 305 g/mol. The quantitative estimate of drug-likeness (QED) is 0.789. The highest BCUT2D eigenvalue weighted by Crippen LogP contribution is 2.20. The van der Waals surface area contributed by atoms with Crippen LogP contribution in [0.15, 0.2) is 18.6 Å². The highest BCUT2D eigenvalue weighted by molar-refractivity contribution is 5.80. The molecule has 1 aromatic rings. The summed E-state index contributed by atoms with van der Waals surface area (Å²) in [5, 5.41) is 10.1. The first kappa shape index (κ1) is 15.2. The molecule has 0 unspecified atom stereocenters. The number of piperazine rings is 1. The zero-order valence-corrected chi connectivity index (χ0v) is 12.9. The van der Waals surface area contributed by atoms with E-state index in [1.807, 2.05) is 11.9 Å². The lowest BCUT2D eigenvalue weighted by Gasteiger charge is -2.40.